The molecule has 0 spiro atoms. The van der Waals surface area contributed by atoms with Crippen molar-refractivity contribution in [3.63, 3.8) is 0 Å². The van der Waals surface area contributed by atoms with Crippen LogP contribution in [0.25, 0.3) is 10.2 Å². The van der Waals surface area contributed by atoms with Crippen molar-refractivity contribution < 1.29 is 0 Å². The molecular formula is C19H25N3S. The van der Waals surface area contributed by atoms with E-state index in [1.54, 1.807) is 0 Å². The quantitative estimate of drug-likeness (QED) is 0.800. The van der Waals surface area contributed by atoms with Gasteiger partial charge in [-0.3, -0.25) is 0 Å². The summed E-state index contributed by atoms with van der Waals surface area (Å²) in [5.41, 5.74) is 9.71. The van der Waals surface area contributed by atoms with Crippen LogP contribution in [-0.2, 0) is 12.8 Å². The summed E-state index contributed by atoms with van der Waals surface area (Å²) in [6.45, 7) is 7.08. The van der Waals surface area contributed by atoms with Crippen LogP contribution in [0.5, 0.6) is 0 Å². The van der Waals surface area contributed by atoms with Crippen LogP contribution < -0.4 is 5.73 Å². The minimum Gasteiger partial charge on any atom is -0.396 e. The number of hydrogen-bond acceptors (Lipinski definition) is 4. The van der Waals surface area contributed by atoms with Gasteiger partial charge in [0.25, 0.3) is 0 Å². The number of hydrogen-bond donors (Lipinski definition) is 1. The van der Waals surface area contributed by atoms with Crippen molar-refractivity contribution in [2.45, 2.75) is 59.3 Å². The molecule has 0 aromatic carbocycles. The van der Waals surface area contributed by atoms with Crippen molar-refractivity contribution in [2.24, 2.45) is 11.3 Å². The van der Waals surface area contributed by atoms with Crippen molar-refractivity contribution in [2.75, 3.05) is 5.73 Å². The topological polar surface area (TPSA) is 62.7 Å². The first-order chi connectivity index (χ1) is 11.0. The van der Waals surface area contributed by atoms with E-state index in [1.807, 2.05) is 0 Å². The number of anilines is 1. The molecule has 1 aliphatic carbocycles. The first-order valence-corrected chi connectivity index (χ1v) is 9.45. The molecule has 0 saturated heterocycles. The van der Waals surface area contributed by atoms with Gasteiger partial charge in [0, 0.05) is 11.1 Å². The lowest BCUT2D eigenvalue weighted by Crippen LogP contribution is -2.26. The Bertz CT molecular complexity index is 765. The van der Waals surface area contributed by atoms with Crippen molar-refractivity contribution in [3.05, 3.63) is 22.2 Å². The van der Waals surface area contributed by atoms with E-state index in [1.165, 1.54) is 48.3 Å². The molecule has 0 fully saturated rings. The number of nitrogens with two attached hydrogens (primary N) is 1. The monoisotopic (exact) mass is 327 g/mol. The van der Waals surface area contributed by atoms with Gasteiger partial charge in [-0.15, -0.1) is 11.3 Å². The largest absolute Gasteiger partial charge is 0.396 e. The zero-order chi connectivity index (χ0) is 16.6. The Kier molecular flexibility index (Phi) is 4.33. The number of pyridine rings is 1. The minimum atomic E-state index is 0.437. The number of rotatable bonds is 3. The van der Waals surface area contributed by atoms with Crippen molar-refractivity contribution >= 4 is 27.2 Å². The number of aromatic nitrogens is 1. The number of thiophene rings is 1. The van der Waals surface area contributed by atoms with Gasteiger partial charge >= 0.3 is 0 Å². The summed E-state index contributed by atoms with van der Waals surface area (Å²) in [5.74, 6) is 0.761. The fraction of sp³-hybridized carbons (Fsp3) is 0.579. The van der Waals surface area contributed by atoms with Crippen LogP contribution in [0.15, 0.2) is 6.07 Å². The van der Waals surface area contributed by atoms with Gasteiger partial charge in [0.15, 0.2) is 0 Å². The van der Waals surface area contributed by atoms with E-state index in [0.29, 0.717) is 16.0 Å². The highest BCUT2D eigenvalue weighted by atomic mass is 32.1. The number of nitriles is 1. The molecule has 0 radical (unpaired) electrons. The maximum Gasteiger partial charge on any atom is 0.130 e. The highest BCUT2D eigenvalue weighted by Crippen LogP contribution is 2.43. The predicted octanol–water partition coefficient (Wildman–Crippen LogP) is 5.07. The molecule has 1 atom stereocenters. The van der Waals surface area contributed by atoms with E-state index in [2.05, 4.69) is 32.9 Å². The molecule has 1 unspecified atom stereocenters. The zero-order valence-corrected chi connectivity index (χ0v) is 15.1. The Labute approximate surface area is 142 Å². The number of aryl methyl sites for hydroxylation is 2. The van der Waals surface area contributed by atoms with Gasteiger partial charge in [-0.1, -0.05) is 33.6 Å². The third-order valence-corrected chi connectivity index (χ3v) is 7.10. The summed E-state index contributed by atoms with van der Waals surface area (Å²) in [6, 6.07) is 4.38. The Balaban J connectivity index is 1.95. The van der Waals surface area contributed by atoms with Gasteiger partial charge in [-0.25, -0.2) is 4.98 Å². The normalized spacial score (nSPS) is 18.4. The molecule has 4 heteroatoms. The summed E-state index contributed by atoms with van der Waals surface area (Å²) >= 11 is 1.42. The second-order valence-corrected chi connectivity index (χ2v) is 8.04. The van der Waals surface area contributed by atoms with Crippen LogP contribution in [0.1, 0.15) is 62.6 Å². The molecular weight excluding hydrogens is 302 g/mol. The molecule has 2 heterocycles. The highest BCUT2D eigenvalue weighted by molar-refractivity contribution is 7.19. The molecule has 0 bridgehead atoms. The summed E-state index contributed by atoms with van der Waals surface area (Å²) in [5, 5.41) is 10.1. The third-order valence-electron chi connectivity index (χ3n) is 6.08. The van der Waals surface area contributed by atoms with Crippen LogP contribution >= 0.6 is 11.3 Å². The van der Waals surface area contributed by atoms with Crippen molar-refractivity contribution in [1.82, 2.24) is 4.98 Å². The van der Waals surface area contributed by atoms with Gasteiger partial charge < -0.3 is 5.73 Å². The first kappa shape index (κ1) is 16.3. The maximum absolute atomic E-state index is 9.16. The molecule has 122 valence electrons. The summed E-state index contributed by atoms with van der Waals surface area (Å²) in [7, 11) is 0. The molecule has 2 aromatic rings. The smallest absolute Gasteiger partial charge is 0.130 e. The Morgan fingerprint density at radius 3 is 2.70 bits per heavy atom. The Morgan fingerprint density at radius 2 is 2.04 bits per heavy atom. The van der Waals surface area contributed by atoms with Crippen LogP contribution in [0.4, 0.5) is 5.69 Å². The summed E-state index contributed by atoms with van der Waals surface area (Å²) in [6.07, 6.45) is 7.06. The van der Waals surface area contributed by atoms with E-state index >= 15 is 0 Å². The molecule has 0 aliphatic heterocycles. The van der Waals surface area contributed by atoms with Crippen LogP contribution in [0.3, 0.4) is 0 Å². The highest BCUT2D eigenvalue weighted by Gasteiger charge is 2.32. The second-order valence-electron chi connectivity index (χ2n) is 7.04. The molecule has 2 N–H and O–H groups in total. The standard InChI is InChI=1S/C19H25N3S/c1-4-19(3,5-2)13-7-6-12-10-14-17(21)16(11-20)23-18(14)22-15(12)9-8-13/h10,13H,4-9,21H2,1-3H3. The molecule has 0 amide bonds. The third kappa shape index (κ3) is 2.72. The minimum absolute atomic E-state index is 0.437. The molecule has 0 saturated carbocycles. The zero-order valence-electron chi connectivity index (χ0n) is 14.3. The SMILES string of the molecule is CCC(C)(CC)C1CCc2cc3c(N)c(C#N)sc3nc2CC1. The van der Waals surface area contributed by atoms with E-state index < -0.39 is 0 Å². The molecule has 3 nitrogen and oxygen atoms in total. The maximum atomic E-state index is 9.16. The van der Waals surface area contributed by atoms with Gasteiger partial charge in [0.2, 0.25) is 0 Å². The second kappa shape index (κ2) is 6.13. The van der Waals surface area contributed by atoms with Crippen molar-refractivity contribution in [3.8, 4) is 6.07 Å². The molecule has 23 heavy (non-hydrogen) atoms. The van der Waals surface area contributed by atoms with E-state index in [0.717, 1.165) is 29.0 Å². The fourth-order valence-electron chi connectivity index (χ4n) is 3.94. The molecule has 1 aliphatic rings. The van der Waals surface area contributed by atoms with Gasteiger partial charge in [-0.05, 0) is 48.6 Å². The average Bonchev–Trinajstić information content (AvgIpc) is 2.74. The number of fused-ring (bicyclic) bond motifs is 2. The fourth-order valence-corrected chi connectivity index (χ4v) is 4.84. The van der Waals surface area contributed by atoms with Crippen LogP contribution in [0, 0.1) is 22.7 Å². The summed E-state index contributed by atoms with van der Waals surface area (Å²) < 4.78 is 0. The van der Waals surface area contributed by atoms with Crippen LogP contribution in [0.2, 0.25) is 0 Å². The molecule has 3 rings (SSSR count). The van der Waals surface area contributed by atoms with Gasteiger partial charge in [0.05, 0.1) is 5.69 Å². The lowest BCUT2D eigenvalue weighted by Gasteiger charge is -2.36. The number of nitrogens with zero attached hydrogens (tertiary/aromatic N) is 2. The van der Waals surface area contributed by atoms with Crippen LogP contribution in [-0.4, -0.2) is 4.98 Å². The van der Waals surface area contributed by atoms with Crippen molar-refractivity contribution in [1.29, 1.82) is 5.26 Å². The van der Waals surface area contributed by atoms with E-state index in [-0.39, 0.29) is 0 Å². The van der Waals surface area contributed by atoms with Gasteiger partial charge in [-0.2, -0.15) is 5.26 Å². The Hall–Kier alpha value is -1.60. The Morgan fingerprint density at radius 1 is 1.35 bits per heavy atom. The van der Waals surface area contributed by atoms with E-state index in [4.69, 9.17) is 16.0 Å². The molecule has 2 aromatic heterocycles. The number of nitrogen functional groups attached to an aromatic ring is 1. The summed E-state index contributed by atoms with van der Waals surface area (Å²) in [4.78, 5) is 6.37. The average molecular weight is 327 g/mol. The lowest BCUT2D eigenvalue weighted by atomic mass is 9.70. The lowest BCUT2D eigenvalue weighted by molar-refractivity contribution is 0.151. The van der Waals surface area contributed by atoms with Gasteiger partial charge in [0.1, 0.15) is 15.8 Å². The van der Waals surface area contributed by atoms with E-state index in [9.17, 15) is 0 Å². The first-order valence-electron chi connectivity index (χ1n) is 8.63. The predicted molar refractivity (Wildman–Crippen MR) is 97.6 cm³/mol.